The second-order valence-corrected chi connectivity index (χ2v) is 6.75. The van der Waals surface area contributed by atoms with Crippen LogP contribution in [0.5, 0.6) is 5.75 Å². The molecule has 1 aromatic carbocycles. The van der Waals surface area contributed by atoms with Crippen LogP contribution in [-0.2, 0) is 52.4 Å². The number of hydrogen-bond donors (Lipinski definition) is 0. The van der Waals surface area contributed by atoms with Gasteiger partial charge in [-0.15, -0.1) is 8.42 Å². The van der Waals surface area contributed by atoms with Crippen LogP contribution in [0.25, 0.3) is 0 Å². The van der Waals surface area contributed by atoms with Crippen molar-refractivity contribution in [1.29, 1.82) is 0 Å². The molecule has 0 saturated heterocycles. The molecule has 15 heteroatoms. The maximum atomic E-state index is 10.8. The minimum absolute atomic E-state index is 0.151. The zero-order valence-electron chi connectivity index (χ0n) is 12.7. The van der Waals surface area contributed by atoms with Crippen LogP contribution in [0.3, 0.4) is 0 Å². The van der Waals surface area contributed by atoms with E-state index < -0.39 is 31.2 Å². The zero-order chi connectivity index (χ0) is 21.0. The lowest BCUT2D eigenvalue weighted by molar-refractivity contribution is -0.104. The van der Waals surface area contributed by atoms with Crippen molar-refractivity contribution < 1.29 is 50.7 Å². The first-order valence-corrected chi connectivity index (χ1v) is 9.76. The highest BCUT2D eigenvalue weighted by atomic mass is 32.3. The fourth-order valence-corrected chi connectivity index (χ4v) is 2.22. The van der Waals surface area contributed by atoms with Crippen LogP contribution in [-0.4, -0.2) is 25.3 Å². The Bertz CT molecular complexity index is 989. The predicted octanol–water partition coefficient (Wildman–Crippen LogP) is -0.444. The number of para-hydroxylation sites is 1. The van der Waals surface area contributed by atoms with Gasteiger partial charge in [0.25, 0.3) is 0 Å². The van der Waals surface area contributed by atoms with Crippen LogP contribution in [0.15, 0.2) is 30.3 Å². The second kappa shape index (κ2) is 10.8. The van der Waals surface area contributed by atoms with E-state index in [1.165, 1.54) is 30.5 Å². The summed E-state index contributed by atoms with van der Waals surface area (Å²) in [5.41, 5.74) is 0. The van der Waals surface area contributed by atoms with Gasteiger partial charge in [-0.25, -0.2) is 0 Å². The van der Waals surface area contributed by atoms with E-state index in [-0.39, 0.29) is 5.75 Å². The summed E-state index contributed by atoms with van der Waals surface area (Å²) < 4.78 is 85.1. The van der Waals surface area contributed by atoms with Gasteiger partial charge in [-0.1, -0.05) is 46.1 Å². The van der Waals surface area contributed by atoms with Gasteiger partial charge in [-0.3, -0.25) is 4.18 Å². The van der Waals surface area contributed by atoms with Crippen LogP contribution in [0.2, 0.25) is 0 Å². The second-order valence-electron chi connectivity index (χ2n) is 3.36. The summed E-state index contributed by atoms with van der Waals surface area (Å²) in [6, 6.07) is 7.91. The Kier molecular flexibility index (Phi) is 9.52. The predicted molar refractivity (Wildman–Crippen MR) is 85.8 cm³/mol. The lowest BCUT2D eigenvalue weighted by atomic mass is 10.3. The highest BCUT2D eigenvalue weighted by molar-refractivity contribution is 7.84. The first-order valence-electron chi connectivity index (χ1n) is 5.76. The van der Waals surface area contributed by atoms with Gasteiger partial charge in [0.15, 0.2) is 0 Å². The van der Waals surface area contributed by atoms with Crippen molar-refractivity contribution in [3.63, 3.8) is 0 Å². The van der Waals surface area contributed by atoms with Crippen molar-refractivity contribution in [3.8, 4) is 43.3 Å². The largest absolute Gasteiger partial charge is 0.509 e. The molecule has 0 N–H and O–H groups in total. The number of terminal acetylenes is 3. The maximum absolute atomic E-state index is 10.8. The molecule has 1 aromatic rings. The molecule has 12 nitrogen and oxygen atoms in total. The van der Waals surface area contributed by atoms with Gasteiger partial charge in [0, 0.05) is 0 Å². The number of benzene rings is 1. The van der Waals surface area contributed by atoms with Crippen LogP contribution < -0.4 is 4.18 Å². The molecule has 146 valence electrons. The smallest absolute Gasteiger partial charge is 0.352 e. The third-order valence-corrected chi connectivity index (χ3v) is 3.44. The Morgan fingerprint density at radius 3 is 1.37 bits per heavy atom. The summed E-state index contributed by atoms with van der Waals surface area (Å²) in [6.07, 6.45) is 17.4. The molecule has 0 unspecified atom stereocenters. The first kappa shape index (κ1) is 23.9. The van der Waals surface area contributed by atoms with E-state index in [4.69, 9.17) is 0 Å². The average Bonchev–Trinajstić information content (AvgIpc) is 2.54. The number of hydrogen-bond acceptors (Lipinski definition) is 12. The van der Waals surface area contributed by atoms with Gasteiger partial charge in [-0.05, 0) is 12.1 Å². The van der Waals surface area contributed by atoms with Gasteiger partial charge in [0.05, 0.1) is 0 Å². The van der Waals surface area contributed by atoms with Crippen molar-refractivity contribution in [1.82, 2.24) is 0 Å². The van der Waals surface area contributed by atoms with Crippen LogP contribution in [0.4, 0.5) is 0 Å². The van der Waals surface area contributed by atoms with E-state index in [1.54, 1.807) is 18.2 Å². The van der Waals surface area contributed by atoms with Crippen molar-refractivity contribution in [2.45, 2.75) is 0 Å². The summed E-state index contributed by atoms with van der Waals surface area (Å²) in [5, 5.41) is 0. The van der Waals surface area contributed by atoms with Crippen LogP contribution in [0, 0.1) is 37.6 Å². The molecule has 0 atom stereocenters. The van der Waals surface area contributed by atoms with Crippen molar-refractivity contribution in [3.05, 3.63) is 30.3 Å². The fourth-order valence-electron chi connectivity index (χ4n) is 0.884. The summed E-state index contributed by atoms with van der Waals surface area (Å²) in [5.74, 6) is 0.151. The lowest BCUT2D eigenvalue weighted by Gasteiger charge is -2.01. The molecule has 0 aliphatic heterocycles. The molecule has 0 radical (unpaired) electrons. The molecule has 0 saturated carbocycles. The van der Waals surface area contributed by atoms with Gasteiger partial charge in [0.1, 0.15) is 24.1 Å². The maximum Gasteiger partial charge on any atom is 0.509 e. The third kappa shape index (κ3) is 12.0. The molecular formula is C12H8O12S3. The van der Waals surface area contributed by atoms with E-state index in [9.17, 15) is 25.3 Å². The Labute approximate surface area is 155 Å². The van der Waals surface area contributed by atoms with Gasteiger partial charge in [0.2, 0.25) is 0 Å². The topological polar surface area (TPSA) is 158 Å². The van der Waals surface area contributed by atoms with Gasteiger partial charge in [-0.2, -0.15) is 16.8 Å². The monoisotopic (exact) mass is 440 g/mol. The molecule has 0 fully saturated rings. The molecule has 0 aliphatic rings. The van der Waals surface area contributed by atoms with Crippen molar-refractivity contribution in [2.75, 3.05) is 0 Å². The molecule has 1 rings (SSSR count). The Balaban J connectivity index is 0.000000501. The normalized spacial score (nSPS) is 10.6. The van der Waals surface area contributed by atoms with Crippen LogP contribution in [0.1, 0.15) is 0 Å². The first-order chi connectivity index (χ1) is 12.5. The summed E-state index contributed by atoms with van der Waals surface area (Å²) in [7, 11) is -13.7. The van der Waals surface area contributed by atoms with E-state index in [0.29, 0.717) is 0 Å². The molecule has 27 heavy (non-hydrogen) atoms. The summed E-state index contributed by atoms with van der Waals surface area (Å²) >= 11 is 0. The van der Waals surface area contributed by atoms with Gasteiger partial charge < -0.3 is 12.5 Å². The molecular weight excluding hydrogens is 432 g/mol. The summed E-state index contributed by atoms with van der Waals surface area (Å²) in [6.45, 7) is 0. The highest BCUT2D eigenvalue weighted by Crippen LogP contribution is 2.11. The molecule has 0 aromatic heterocycles. The van der Waals surface area contributed by atoms with E-state index in [2.05, 4.69) is 44.7 Å². The number of rotatable bonds is 8. The fraction of sp³-hybridized carbons (Fsp3) is 0. The zero-order valence-corrected chi connectivity index (χ0v) is 15.2. The Morgan fingerprint density at radius 2 is 1.00 bits per heavy atom. The standard InChI is InChI=1S/C8H6O4S.C4H2O8S2/c1-2-11-13(9,10)12-8-6-4-3-5-7-8;1-3-9-13(5,6)11-12-14(7,8)10-4-2/h1,3-7H;1-2H. The quantitative estimate of drug-likeness (QED) is 0.292. The van der Waals surface area contributed by atoms with Gasteiger partial charge >= 0.3 is 31.2 Å². The average molecular weight is 440 g/mol. The van der Waals surface area contributed by atoms with Crippen molar-refractivity contribution >= 4 is 31.2 Å². The minimum Gasteiger partial charge on any atom is -0.352 e. The minimum atomic E-state index is -4.77. The SMILES string of the molecule is C#COS(=O)(=O)OOS(=O)(=O)OC#C.C#COS(=O)(=O)Oc1ccccc1. The molecule has 0 aliphatic carbocycles. The van der Waals surface area contributed by atoms with E-state index >= 15 is 0 Å². The van der Waals surface area contributed by atoms with Crippen LogP contribution >= 0.6 is 0 Å². The van der Waals surface area contributed by atoms with E-state index in [0.717, 1.165) is 0 Å². The molecule has 0 bridgehead atoms. The summed E-state index contributed by atoms with van der Waals surface area (Å²) in [4.78, 5) is 0. The molecule has 0 heterocycles. The van der Waals surface area contributed by atoms with Crippen molar-refractivity contribution in [2.24, 2.45) is 0 Å². The van der Waals surface area contributed by atoms with E-state index in [1.807, 2.05) is 0 Å². The molecule has 0 spiro atoms. The Hall–Kier alpha value is -3.13. The third-order valence-electron chi connectivity index (χ3n) is 1.59. The molecule has 0 amide bonds. The lowest BCUT2D eigenvalue weighted by Crippen LogP contribution is -2.13. The Morgan fingerprint density at radius 1 is 0.630 bits per heavy atom. The highest BCUT2D eigenvalue weighted by Gasteiger charge is 2.21.